The lowest BCUT2D eigenvalue weighted by Crippen LogP contribution is -2.15. The fourth-order valence-corrected chi connectivity index (χ4v) is 3.76. The first-order valence-corrected chi connectivity index (χ1v) is 9.27. The third-order valence-electron chi connectivity index (χ3n) is 3.32. The molecule has 3 aromatic rings. The number of para-hydroxylation sites is 2. The molecule has 0 fully saturated rings. The highest BCUT2D eigenvalue weighted by molar-refractivity contribution is 8.01. The van der Waals surface area contributed by atoms with Crippen molar-refractivity contribution in [3.63, 3.8) is 0 Å². The molecule has 0 saturated heterocycles. The minimum atomic E-state index is -0.543. The smallest absolute Gasteiger partial charge is 0.292 e. The Morgan fingerprint density at radius 1 is 1.23 bits per heavy atom. The molecule has 0 radical (unpaired) electrons. The minimum Gasteiger partial charge on any atom is -0.320 e. The van der Waals surface area contributed by atoms with Gasteiger partial charge >= 0.3 is 0 Å². The number of thioether (sulfide) groups is 1. The van der Waals surface area contributed by atoms with Crippen LogP contribution in [0.4, 0.5) is 15.8 Å². The summed E-state index contributed by atoms with van der Waals surface area (Å²) < 4.78 is 13.6. The summed E-state index contributed by atoms with van der Waals surface area (Å²) in [7, 11) is 0. The Hall–Kier alpha value is -2.78. The second-order valence-corrected chi connectivity index (χ2v) is 7.20. The number of anilines is 1. The van der Waals surface area contributed by atoms with Crippen LogP contribution in [0.3, 0.4) is 0 Å². The molecule has 2 aromatic carbocycles. The van der Waals surface area contributed by atoms with Gasteiger partial charge in [-0.1, -0.05) is 23.9 Å². The van der Waals surface area contributed by atoms with Gasteiger partial charge in [-0.05, 0) is 30.3 Å². The first-order chi connectivity index (χ1) is 12.5. The number of benzene rings is 2. The highest BCUT2D eigenvalue weighted by Crippen LogP contribution is 2.29. The van der Waals surface area contributed by atoms with Crippen LogP contribution >= 0.6 is 23.1 Å². The Bertz CT molecular complexity index is 944. The molecule has 26 heavy (non-hydrogen) atoms. The van der Waals surface area contributed by atoms with E-state index in [0.29, 0.717) is 10.0 Å². The number of rotatable bonds is 6. The lowest BCUT2D eigenvalue weighted by Gasteiger charge is -2.04. The van der Waals surface area contributed by atoms with Gasteiger partial charge in [0.2, 0.25) is 5.91 Å². The second kappa shape index (κ2) is 8.07. The van der Waals surface area contributed by atoms with Crippen molar-refractivity contribution < 1.29 is 14.1 Å². The Labute approximate surface area is 156 Å². The van der Waals surface area contributed by atoms with Gasteiger partial charge in [-0.2, -0.15) is 0 Å². The number of aromatic nitrogens is 1. The summed E-state index contributed by atoms with van der Waals surface area (Å²) in [5, 5.41) is 15.3. The van der Waals surface area contributed by atoms with E-state index in [1.165, 1.54) is 53.4 Å². The van der Waals surface area contributed by atoms with Gasteiger partial charge in [0.25, 0.3) is 5.69 Å². The number of hydrogen-bond donors (Lipinski definition) is 1. The Morgan fingerprint density at radius 3 is 2.69 bits per heavy atom. The normalized spacial score (nSPS) is 10.5. The molecule has 1 amide bonds. The van der Waals surface area contributed by atoms with Crippen molar-refractivity contribution in [3.05, 3.63) is 69.8 Å². The maximum absolute atomic E-state index is 13.0. The SMILES string of the molecule is O=C(CSc1nc(-c2ccc(F)cc2)cs1)Nc1ccccc1[N+](=O)[O-]. The van der Waals surface area contributed by atoms with E-state index in [9.17, 15) is 19.3 Å². The first kappa shape index (κ1) is 18.0. The van der Waals surface area contributed by atoms with Gasteiger partial charge in [0.05, 0.1) is 16.4 Å². The monoisotopic (exact) mass is 389 g/mol. The van der Waals surface area contributed by atoms with Crippen LogP contribution in [-0.2, 0) is 4.79 Å². The molecule has 9 heteroatoms. The van der Waals surface area contributed by atoms with Crippen LogP contribution in [0.1, 0.15) is 0 Å². The van der Waals surface area contributed by atoms with Gasteiger partial charge in [0.1, 0.15) is 11.5 Å². The molecule has 1 aromatic heterocycles. The van der Waals surface area contributed by atoms with Crippen molar-refractivity contribution in [1.82, 2.24) is 4.98 Å². The van der Waals surface area contributed by atoms with E-state index < -0.39 is 4.92 Å². The quantitative estimate of drug-likeness (QED) is 0.379. The summed E-state index contributed by atoms with van der Waals surface area (Å²) >= 11 is 2.61. The van der Waals surface area contributed by atoms with Gasteiger partial charge < -0.3 is 5.32 Å². The van der Waals surface area contributed by atoms with E-state index in [-0.39, 0.29) is 28.9 Å². The molecule has 1 heterocycles. The molecule has 0 aliphatic heterocycles. The van der Waals surface area contributed by atoms with Crippen LogP contribution in [0.15, 0.2) is 58.3 Å². The molecule has 6 nitrogen and oxygen atoms in total. The molecule has 0 aliphatic rings. The summed E-state index contributed by atoms with van der Waals surface area (Å²) in [4.78, 5) is 26.9. The predicted molar refractivity (Wildman–Crippen MR) is 100.0 cm³/mol. The molecule has 0 bridgehead atoms. The molecule has 0 aliphatic carbocycles. The largest absolute Gasteiger partial charge is 0.320 e. The van der Waals surface area contributed by atoms with Crippen LogP contribution in [-0.4, -0.2) is 21.6 Å². The average Bonchev–Trinajstić information content (AvgIpc) is 3.10. The van der Waals surface area contributed by atoms with E-state index in [2.05, 4.69) is 10.3 Å². The third-order valence-corrected chi connectivity index (χ3v) is 5.35. The number of nitro groups is 1. The Kier molecular flexibility index (Phi) is 5.59. The summed E-state index contributed by atoms with van der Waals surface area (Å²) in [6, 6.07) is 12.0. The topological polar surface area (TPSA) is 85.1 Å². The molecule has 0 atom stereocenters. The molecular weight excluding hydrogens is 377 g/mol. The molecule has 3 rings (SSSR count). The van der Waals surface area contributed by atoms with Gasteiger partial charge in [-0.15, -0.1) is 11.3 Å². The fraction of sp³-hybridized carbons (Fsp3) is 0.0588. The maximum Gasteiger partial charge on any atom is 0.292 e. The van der Waals surface area contributed by atoms with Gasteiger partial charge in [0, 0.05) is 17.0 Å². The molecule has 0 spiro atoms. The predicted octanol–water partition coefficient (Wildman–Crippen LogP) is 4.59. The summed E-state index contributed by atoms with van der Waals surface area (Å²) in [5.41, 5.74) is 1.50. The van der Waals surface area contributed by atoms with Gasteiger partial charge in [-0.3, -0.25) is 14.9 Å². The van der Waals surface area contributed by atoms with E-state index in [0.717, 1.165) is 5.56 Å². The van der Waals surface area contributed by atoms with Crippen molar-refractivity contribution in [1.29, 1.82) is 0 Å². The zero-order valence-electron chi connectivity index (χ0n) is 13.2. The van der Waals surface area contributed by atoms with Crippen molar-refractivity contribution in [2.24, 2.45) is 0 Å². The fourth-order valence-electron chi connectivity index (χ4n) is 2.13. The highest BCUT2D eigenvalue weighted by atomic mass is 32.2. The number of nitrogens with one attached hydrogen (secondary N) is 1. The lowest BCUT2D eigenvalue weighted by atomic mass is 10.2. The zero-order chi connectivity index (χ0) is 18.5. The Morgan fingerprint density at radius 2 is 1.96 bits per heavy atom. The summed E-state index contributed by atoms with van der Waals surface area (Å²) in [5.74, 6) is -0.601. The number of nitrogens with zero attached hydrogens (tertiary/aromatic N) is 2. The van der Waals surface area contributed by atoms with Crippen molar-refractivity contribution in [3.8, 4) is 11.3 Å². The van der Waals surface area contributed by atoms with Crippen LogP contribution in [0.5, 0.6) is 0 Å². The zero-order valence-corrected chi connectivity index (χ0v) is 14.8. The number of nitro benzene ring substituents is 1. The lowest BCUT2D eigenvalue weighted by molar-refractivity contribution is -0.383. The van der Waals surface area contributed by atoms with Crippen molar-refractivity contribution >= 4 is 40.4 Å². The number of carbonyl (C=O) groups excluding carboxylic acids is 1. The van der Waals surface area contributed by atoms with Gasteiger partial charge in [-0.25, -0.2) is 9.37 Å². The van der Waals surface area contributed by atoms with E-state index in [1.54, 1.807) is 18.2 Å². The van der Waals surface area contributed by atoms with E-state index >= 15 is 0 Å². The van der Waals surface area contributed by atoms with Gasteiger partial charge in [0.15, 0.2) is 4.34 Å². The molecule has 0 saturated carbocycles. The van der Waals surface area contributed by atoms with Crippen molar-refractivity contribution in [2.75, 3.05) is 11.1 Å². The molecule has 0 unspecified atom stereocenters. The van der Waals surface area contributed by atoms with E-state index in [1.807, 2.05) is 5.38 Å². The number of thiazole rings is 1. The van der Waals surface area contributed by atoms with Crippen LogP contribution < -0.4 is 5.32 Å². The number of hydrogen-bond acceptors (Lipinski definition) is 6. The van der Waals surface area contributed by atoms with Crippen LogP contribution in [0.2, 0.25) is 0 Å². The van der Waals surface area contributed by atoms with E-state index in [4.69, 9.17) is 0 Å². The standard InChI is InChI=1S/C17H12FN3O3S2/c18-12-7-5-11(6-8-12)14-9-25-17(20-14)26-10-16(22)19-13-3-1-2-4-15(13)21(23)24/h1-9H,10H2,(H,19,22). The third kappa shape index (κ3) is 4.44. The molecule has 1 N–H and O–H groups in total. The van der Waals surface area contributed by atoms with Crippen LogP contribution in [0.25, 0.3) is 11.3 Å². The maximum atomic E-state index is 13.0. The highest BCUT2D eigenvalue weighted by Gasteiger charge is 2.15. The number of carbonyl (C=O) groups is 1. The summed E-state index contributed by atoms with van der Waals surface area (Å²) in [6.07, 6.45) is 0. The first-order valence-electron chi connectivity index (χ1n) is 7.40. The minimum absolute atomic E-state index is 0.0718. The summed E-state index contributed by atoms with van der Waals surface area (Å²) in [6.45, 7) is 0. The average molecular weight is 389 g/mol. The molecular formula is C17H12FN3O3S2. The number of amides is 1. The number of halogens is 1. The molecule has 132 valence electrons. The second-order valence-electron chi connectivity index (χ2n) is 5.12. The van der Waals surface area contributed by atoms with Crippen LogP contribution in [0, 0.1) is 15.9 Å². The Balaban J connectivity index is 1.60. The van der Waals surface area contributed by atoms with Crippen molar-refractivity contribution in [2.45, 2.75) is 4.34 Å².